The molecular weight excluding hydrogens is 330 g/mol. The van der Waals surface area contributed by atoms with Crippen LogP contribution in [0.3, 0.4) is 0 Å². The molecule has 1 amide bonds. The predicted octanol–water partition coefficient (Wildman–Crippen LogP) is 3.71. The van der Waals surface area contributed by atoms with Crippen molar-refractivity contribution in [3.63, 3.8) is 0 Å². The molecule has 1 aliphatic heterocycles. The van der Waals surface area contributed by atoms with Gasteiger partial charge in [-0.2, -0.15) is 0 Å². The Bertz CT molecular complexity index is 682. The van der Waals surface area contributed by atoms with E-state index in [0.717, 1.165) is 55.6 Å². The van der Waals surface area contributed by atoms with Crippen molar-refractivity contribution >= 4 is 27.5 Å². The number of benzene rings is 1. The fourth-order valence-electron chi connectivity index (χ4n) is 4.18. The van der Waals surface area contributed by atoms with E-state index in [4.69, 9.17) is 0 Å². The Kier molecular flexibility index (Phi) is 5.32. The summed E-state index contributed by atoms with van der Waals surface area (Å²) in [7, 11) is 0. The zero-order valence-corrected chi connectivity index (χ0v) is 15.6. The summed E-state index contributed by atoms with van der Waals surface area (Å²) in [5, 5.41) is 1.15. The molecule has 4 rings (SSSR count). The maximum absolute atomic E-state index is 12.5. The van der Waals surface area contributed by atoms with E-state index in [-0.39, 0.29) is 0 Å². The van der Waals surface area contributed by atoms with Crippen LogP contribution in [0.1, 0.15) is 43.5 Å². The first-order valence-corrected chi connectivity index (χ1v) is 10.5. The average molecular weight is 358 g/mol. The maximum Gasteiger partial charge on any atom is 0.222 e. The van der Waals surface area contributed by atoms with Crippen molar-refractivity contribution in [2.45, 2.75) is 51.0 Å². The maximum atomic E-state index is 12.5. The topological polar surface area (TPSA) is 36.4 Å². The van der Waals surface area contributed by atoms with Gasteiger partial charge in [0, 0.05) is 38.6 Å². The monoisotopic (exact) mass is 357 g/mol. The number of aryl methyl sites for hydroxylation is 1. The van der Waals surface area contributed by atoms with Crippen molar-refractivity contribution in [2.24, 2.45) is 0 Å². The molecule has 25 heavy (non-hydrogen) atoms. The minimum Gasteiger partial charge on any atom is -0.340 e. The summed E-state index contributed by atoms with van der Waals surface area (Å²) in [6.07, 6.45) is 7.95. The van der Waals surface area contributed by atoms with Crippen LogP contribution in [0.5, 0.6) is 0 Å². The predicted molar refractivity (Wildman–Crippen MR) is 103 cm³/mol. The molecule has 0 N–H and O–H groups in total. The third kappa shape index (κ3) is 4.04. The molecule has 0 unspecified atom stereocenters. The number of piperazine rings is 1. The van der Waals surface area contributed by atoms with Gasteiger partial charge in [0.25, 0.3) is 0 Å². The van der Waals surface area contributed by atoms with E-state index in [1.54, 1.807) is 11.3 Å². The van der Waals surface area contributed by atoms with Crippen molar-refractivity contribution in [3.05, 3.63) is 29.3 Å². The quantitative estimate of drug-likeness (QED) is 0.818. The zero-order valence-electron chi connectivity index (χ0n) is 14.8. The molecule has 4 nitrogen and oxygen atoms in total. The van der Waals surface area contributed by atoms with E-state index in [9.17, 15) is 4.79 Å². The average Bonchev–Trinajstić information content (AvgIpc) is 3.31. The summed E-state index contributed by atoms with van der Waals surface area (Å²) < 4.78 is 1.24. The first-order chi connectivity index (χ1) is 12.3. The highest BCUT2D eigenvalue weighted by molar-refractivity contribution is 7.18. The van der Waals surface area contributed by atoms with Crippen molar-refractivity contribution in [1.29, 1.82) is 0 Å². The van der Waals surface area contributed by atoms with Gasteiger partial charge in [-0.25, -0.2) is 4.98 Å². The Morgan fingerprint density at radius 3 is 2.64 bits per heavy atom. The number of thiazole rings is 1. The lowest BCUT2D eigenvalue weighted by molar-refractivity contribution is -0.133. The smallest absolute Gasteiger partial charge is 0.222 e. The number of aromatic nitrogens is 1. The molecule has 1 aromatic heterocycles. The van der Waals surface area contributed by atoms with Gasteiger partial charge in [-0.3, -0.25) is 9.69 Å². The Hall–Kier alpha value is -1.46. The van der Waals surface area contributed by atoms with Crippen LogP contribution >= 0.6 is 11.3 Å². The van der Waals surface area contributed by atoms with Crippen LogP contribution < -0.4 is 0 Å². The van der Waals surface area contributed by atoms with Gasteiger partial charge in [0.2, 0.25) is 5.91 Å². The van der Waals surface area contributed by atoms with Crippen molar-refractivity contribution in [1.82, 2.24) is 14.8 Å². The van der Waals surface area contributed by atoms with E-state index in [0.29, 0.717) is 12.3 Å². The lowest BCUT2D eigenvalue weighted by atomic mass is 10.1. The standard InChI is InChI=1S/C20H27N3OS/c24-20(23-14-12-22(13-15-23)16-6-1-2-7-16)11-5-10-19-21-17-8-3-4-9-18(17)25-19/h3-4,8-9,16H,1-2,5-7,10-15H2. The van der Waals surface area contributed by atoms with Crippen LogP contribution in [0.2, 0.25) is 0 Å². The molecule has 0 bridgehead atoms. The second-order valence-electron chi connectivity index (χ2n) is 7.28. The first-order valence-electron chi connectivity index (χ1n) is 9.66. The minimum atomic E-state index is 0.326. The Morgan fingerprint density at radius 2 is 1.88 bits per heavy atom. The molecule has 2 aromatic rings. The Labute approximate surface area is 153 Å². The molecule has 1 aliphatic carbocycles. The van der Waals surface area contributed by atoms with Gasteiger partial charge in [0.15, 0.2) is 0 Å². The van der Waals surface area contributed by atoms with Crippen LogP contribution in [0.25, 0.3) is 10.2 Å². The Balaban J connectivity index is 1.21. The number of carbonyl (C=O) groups excluding carboxylic acids is 1. The van der Waals surface area contributed by atoms with Crippen molar-refractivity contribution < 1.29 is 4.79 Å². The number of rotatable bonds is 5. The van der Waals surface area contributed by atoms with E-state index >= 15 is 0 Å². The van der Waals surface area contributed by atoms with Gasteiger partial charge in [-0.05, 0) is 37.8 Å². The number of para-hydroxylation sites is 1. The number of fused-ring (bicyclic) bond motifs is 1. The molecule has 0 spiro atoms. The Morgan fingerprint density at radius 1 is 1.12 bits per heavy atom. The molecule has 2 heterocycles. The summed E-state index contributed by atoms with van der Waals surface area (Å²) in [6, 6.07) is 9.05. The highest BCUT2D eigenvalue weighted by atomic mass is 32.1. The SMILES string of the molecule is O=C(CCCc1nc2ccccc2s1)N1CCN(C2CCCC2)CC1. The van der Waals surface area contributed by atoms with Gasteiger partial charge >= 0.3 is 0 Å². The molecule has 0 radical (unpaired) electrons. The van der Waals surface area contributed by atoms with Crippen LogP contribution in [0, 0.1) is 0 Å². The van der Waals surface area contributed by atoms with Crippen LogP contribution in [0.15, 0.2) is 24.3 Å². The molecule has 1 aromatic carbocycles. The third-order valence-electron chi connectivity index (χ3n) is 5.63. The van der Waals surface area contributed by atoms with Gasteiger partial charge in [-0.1, -0.05) is 25.0 Å². The largest absolute Gasteiger partial charge is 0.340 e. The number of hydrogen-bond donors (Lipinski definition) is 0. The fourth-order valence-corrected chi connectivity index (χ4v) is 5.19. The minimum absolute atomic E-state index is 0.326. The summed E-state index contributed by atoms with van der Waals surface area (Å²) in [6.45, 7) is 3.95. The molecule has 1 saturated heterocycles. The van der Waals surface area contributed by atoms with E-state index < -0.39 is 0 Å². The molecule has 5 heteroatoms. The molecular formula is C20H27N3OS. The first kappa shape index (κ1) is 17.0. The van der Waals surface area contributed by atoms with Crippen LogP contribution in [-0.2, 0) is 11.2 Å². The number of amides is 1. The van der Waals surface area contributed by atoms with Crippen molar-refractivity contribution in [3.8, 4) is 0 Å². The second-order valence-corrected chi connectivity index (χ2v) is 8.40. The van der Waals surface area contributed by atoms with Gasteiger partial charge in [0.05, 0.1) is 15.2 Å². The zero-order chi connectivity index (χ0) is 17.1. The highest BCUT2D eigenvalue weighted by Crippen LogP contribution is 2.25. The number of nitrogens with zero attached hydrogens (tertiary/aromatic N) is 3. The van der Waals surface area contributed by atoms with Gasteiger partial charge in [0.1, 0.15) is 0 Å². The second kappa shape index (κ2) is 7.83. The van der Waals surface area contributed by atoms with E-state index in [2.05, 4.69) is 33.0 Å². The normalized spacial score (nSPS) is 19.8. The van der Waals surface area contributed by atoms with E-state index in [1.165, 1.54) is 30.4 Å². The molecule has 0 atom stereocenters. The summed E-state index contributed by atoms with van der Waals surface area (Å²) >= 11 is 1.76. The number of hydrogen-bond acceptors (Lipinski definition) is 4. The third-order valence-corrected chi connectivity index (χ3v) is 6.72. The molecule has 134 valence electrons. The fraction of sp³-hybridized carbons (Fsp3) is 0.600. The molecule has 1 saturated carbocycles. The summed E-state index contributed by atoms with van der Waals surface area (Å²) in [4.78, 5) is 21.8. The van der Waals surface area contributed by atoms with Crippen LogP contribution in [-0.4, -0.2) is 52.9 Å². The van der Waals surface area contributed by atoms with Gasteiger partial charge in [-0.15, -0.1) is 11.3 Å². The van der Waals surface area contributed by atoms with Gasteiger partial charge < -0.3 is 4.90 Å². The molecule has 2 fully saturated rings. The summed E-state index contributed by atoms with van der Waals surface area (Å²) in [5.41, 5.74) is 1.08. The summed E-state index contributed by atoms with van der Waals surface area (Å²) in [5.74, 6) is 0.326. The van der Waals surface area contributed by atoms with Crippen LogP contribution in [0.4, 0.5) is 0 Å². The lowest BCUT2D eigenvalue weighted by Gasteiger charge is -2.38. The van der Waals surface area contributed by atoms with Crippen molar-refractivity contribution in [2.75, 3.05) is 26.2 Å². The lowest BCUT2D eigenvalue weighted by Crippen LogP contribution is -2.51. The number of carbonyl (C=O) groups is 1. The van der Waals surface area contributed by atoms with E-state index in [1.807, 2.05) is 6.07 Å². The molecule has 2 aliphatic rings. The highest BCUT2D eigenvalue weighted by Gasteiger charge is 2.27.